The molecule has 0 saturated heterocycles. The first-order chi connectivity index (χ1) is 14.7. The van der Waals surface area contributed by atoms with Gasteiger partial charge in [-0.3, -0.25) is 0 Å². The van der Waals surface area contributed by atoms with Crippen LogP contribution >= 0.6 is 0 Å². The number of nitrogens with zero attached hydrogens (tertiary/aromatic N) is 1. The van der Waals surface area contributed by atoms with Crippen molar-refractivity contribution in [3.8, 4) is 11.5 Å². The topological polar surface area (TPSA) is 26.0 Å². The number of hydrogen-bond donors (Lipinski definition) is 0. The number of rotatable bonds is 1. The predicted octanol–water partition coefficient (Wildman–Crippen LogP) is 5.80. The van der Waals surface area contributed by atoms with Crippen molar-refractivity contribution >= 4 is 32.6 Å². The van der Waals surface area contributed by atoms with Gasteiger partial charge in [0.1, 0.15) is 5.52 Å². The third-order valence-electron chi connectivity index (χ3n) is 3.74. The van der Waals surface area contributed by atoms with Gasteiger partial charge in [0, 0.05) is 16.3 Å². The summed E-state index contributed by atoms with van der Waals surface area (Å²) >= 11 is 0. The summed E-state index contributed by atoms with van der Waals surface area (Å²) in [5, 5.41) is 0.0716. The van der Waals surface area contributed by atoms with Gasteiger partial charge in [0.15, 0.2) is 5.58 Å². The number of fused-ring (bicyclic) bond motifs is 6. The highest BCUT2D eigenvalue weighted by Gasteiger charge is 2.15. The standard InChI is InChI=1S/C21H13NO/c1-2-8-14(9-3-1)21-22-19-17-12-6-4-10-15(17)16-11-5-7-13-18(16)20(19)23-21/h1-13H/i4D,5D,6D,7D,10D,11D,12D,13D. The summed E-state index contributed by atoms with van der Waals surface area (Å²) in [6.07, 6.45) is 0. The van der Waals surface area contributed by atoms with E-state index in [9.17, 15) is 0 Å². The van der Waals surface area contributed by atoms with E-state index >= 15 is 0 Å². The molecule has 0 atom stereocenters. The summed E-state index contributed by atoms with van der Waals surface area (Å²) in [5.74, 6) is 0.184. The van der Waals surface area contributed by atoms with E-state index < -0.39 is 36.3 Å². The Labute approximate surface area is 144 Å². The van der Waals surface area contributed by atoms with E-state index in [4.69, 9.17) is 15.4 Å². The number of hydrogen-bond acceptors (Lipinski definition) is 2. The first kappa shape index (κ1) is 6.97. The van der Waals surface area contributed by atoms with Crippen LogP contribution in [0.4, 0.5) is 0 Å². The predicted molar refractivity (Wildman–Crippen MR) is 94.5 cm³/mol. The van der Waals surface area contributed by atoms with Crippen molar-refractivity contribution in [1.82, 2.24) is 4.98 Å². The Morgan fingerprint density at radius 1 is 0.739 bits per heavy atom. The van der Waals surface area contributed by atoms with Gasteiger partial charge in [-0.2, -0.15) is 0 Å². The maximum absolute atomic E-state index is 8.45. The van der Waals surface area contributed by atoms with Gasteiger partial charge in [-0.1, -0.05) is 66.5 Å². The minimum Gasteiger partial charge on any atom is -0.435 e. The monoisotopic (exact) mass is 303 g/mol. The molecular weight excluding hydrogens is 282 g/mol. The molecule has 1 aromatic heterocycles. The first-order valence-electron chi connectivity index (χ1n) is 11.0. The molecule has 0 radical (unpaired) electrons. The maximum Gasteiger partial charge on any atom is 0.227 e. The van der Waals surface area contributed by atoms with Crippen LogP contribution in [0.2, 0.25) is 0 Å². The minimum atomic E-state index is -0.492. The molecule has 0 amide bonds. The lowest BCUT2D eigenvalue weighted by Gasteiger charge is -2.04. The molecule has 1 heterocycles. The fraction of sp³-hybridized carbons (Fsp3) is 0. The zero-order chi connectivity index (χ0) is 22.2. The molecule has 0 bridgehead atoms. The van der Waals surface area contributed by atoms with E-state index in [1.54, 1.807) is 24.3 Å². The van der Waals surface area contributed by atoms with Gasteiger partial charge in [0.25, 0.3) is 0 Å². The summed E-state index contributed by atoms with van der Waals surface area (Å²) in [7, 11) is 0. The van der Waals surface area contributed by atoms with Crippen molar-refractivity contribution in [2.24, 2.45) is 0 Å². The van der Waals surface area contributed by atoms with Crippen molar-refractivity contribution < 1.29 is 15.4 Å². The molecule has 23 heavy (non-hydrogen) atoms. The van der Waals surface area contributed by atoms with E-state index in [-0.39, 0.29) is 50.6 Å². The lowest BCUT2D eigenvalue weighted by molar-refractivity contribution is 0.623. The van der Waals surface area contributed by atoms with Crippen molar-refractivity contribution in [2.75, 3.05) is 0 Å². The van der Waals surface area contributed by atoms with Crippen LogP contribution in [-0.2, 0) is 0 Å². The third kappa shape index (κ3) is 1.78. The Balaban J connectivity index is 2.16. The SMILES string of the molecule is [2H]c1c([2H])c([2H])c2c(c1[2H])c1nc(-c3ccccc3)oc1c1c([2H])c([2H])c([2H])c([2H])c12. The zero-order valence-corrected chi connectivity index (χ0v) is 11.7. The Morgan fingerprint density at radius 2 is 1.35 bits per heavy atom. The second-order valence-electron chi connectivity index (χ2n) is 5.06. The Bertz CT molecular complexity index is 1460. The molecule has 0 N–H and O–H groups in total. The lowest BCUT2D eigenvalue weighted by Crippen LogP contribution is -1.80. The van der Waals surface area contributed by atoms with Crippen molar-refractivity contribution in [2.45, 2.75) is 0 Å². The molecule has 0 spiro atoms. The van der Waals surface area contributed by atoms with Gasteiger partial charge >= 0.3 is 0 Å². The van der Waals surface area contributed by atoms with Crippen molar-refractivity contribution in [1.29, 1.82) is 0 Å². The molecule has 5 rings (SSSR count). The Hall–Kier alpha value is -3.13. The molecule has 0 aliphatic rings. The van der Waals surface area contributed by atoms with E-state index in [1.165, 1.54) is 0 Å². The van der Waals surface area contributed by atoms with Crippen LogP contribution in [-0.4, -0.2) is 4.98 Å². The molecule has 2 nitrogen and oxygen atoms in total. The normalized spacial score (nSPS) is 16.3. The average Bonchev–Trinajstić information content (AvgIpc) is 3.22. The number of benzene rings is 4. The van der Waals surface area contributed by atoms with E-state index in [1.807, 2.05) is 6.07 Å². The van der Waals surface area contributed by atoms with Gasteiger partial charge in [-0.05, 0) is 22.9 Å². The molecule has 0 aliphatic carbocycles. The molecule has 0 aliphatic heterocycles. The molecule has 0 fully saturated rings. The van der Waals surface area contributed by atoms with Crippen LogP contribution in [0.15, 0.2) is 83.1 Å². The highest BCUT2D eigenvalue weighted by molar-refractivity contribution is 6.22. The number of aromatic nitrogens is 1. The van der Waals surface area contributed by atoms with E-state index in [0.29, 0.717) is 5.56 Å². The summed E-state index contributed by atoms with van der Waals surface area (Å²) in [5.41, 5.74) is 0.804. The maximum atomic E-state index is 8.45. The van der Waals surface area contributed by atoms with Crippen molar-refractivity contribution in [3.63, 3.8) is 0 Å². The smallest absolute Gasteiger partial charge is 0.227 e. The van der Waals surface area contributed by atoms with Crippen molar-refractivity contribution in [3.05, 3.63) is 78.7 Å². The lowest BCUT2D eigenvalue weighted by atomic mass is 10.0. The van der Waals surface area contributed by atoms with Gasteiger partial charge in [-0.15, -0.1) is 0 Å². The van der Waals surface area contributed by atoms with E-state index in [2.05, 4.69) is 4.98 Å². The van der Waals surface area contributed by atoms with Crippen LogP contribution in [0.5, 0.6) is 0 Å². The average molecular weight is 303 g/mol. The minimum absolute atomic E-state index is 0.00610. The van der Waals surface area contributed by atoms with Gasteiger partial charge in [-0.25, -0.2) is 4.98 Å². The second-order valence-corrected chi connectivity index (χ2v) is 5.06. The summed E-state index contributed by atoms with van der Waals surface area (Å²) in [6.45, 7) is 0. The van der Waals surface area contributed by atoms with E-state index in [0.717, 1.165) is 0 Å². The van der Waals surface area contributed by atoms with Gasteiger partial charge in [0.05, 0.1) is 11.0 Å². The van der Waals surface area contributed by atoms with Gasteiger partial charge in [0.2, 0.25) is 5.89 Å². The largest absolute Gasteiger partial charge is 0.435 e. The zero-order valence-electron chi connectivity index (χ0n) is 19.7. The molecule has 0 unspecified atom stereocenters. The van der Waals surface area contributed by atoms with Crippen LogP contribution in [0, 0.1) is 0 Å². The fourth-order valence-corrected chi connectivity index (χ4v) is 2.71. The number of oxazole rings is 1. The molecule has 4 aromatic carbocycles. The molecule has 0 saturated carbocycles. The molecule has 2 heteroatoms. The van der Waals surface area contributed by atoms with Crippen LogP contribution in [0.3, 0.4) is 0 Å². The van der Waals surface area contributed by atoms with Crippen LogP contribution in [0.25, 0.3) is 44.1 Å². The fourth-order valence-electron chi connectivity index (χ4n) is 2.71. The quantitative estimate of drug-likeness (QED) is 0.366. The summed E-state index contributed by atoms with van der Waals surface area (Å²) in [4.78, 5) is 4.49. The van der Waals surface area contributed by atoms with Crippen LogP contribution in [0.1, 0.15) is 11.0 Å². The second kappa shape index (κ2) is 4.68. The molecular formula is C21H13NO. The summed E-state index contributed by atoms with van der Waals surface area (Å²) in [6, 6.07) is 5.54. The van der Waals surface area contributed by atoms with Crippen LogP contribution < -0.4 is 0 Å². The summed E-state index contributed by atoms with van der Waals surface area (Å²) < 4.78 is 72.1. The third-order valence-corrected chi connectivity index (χ3v) is 3.74. The molecule has 5 aromatic rings. The van der Waals surface area contributed by atoms with Gasteiger partial charge < -0.3 is 4.42 Å². The Kier molecular flexibility index (Phi) is 1.42. The Morgan fingerprint density at radius 3 is 2.09 bits per heavy atom. The molecule has 108 valence electrons. The highest BCUT2D eigenvalue weighted by atomic mass is 16.3. The first-order valence-corrected chi connectivity index (χ1v) is 7.02. The highest BCUT2D eigenvalue weighted by Crippen LogP contribution is 2.36.